The summed E-state index contributed by atoms with van der Waals surface area (Å²) in [4.78, 5) is 6.44. The number of nitriles is 1. The van der Waals surface area contributed by atoms with E-state index in [1.165, 1.54) is 0 Å². The van der Waals surface area contributed by atoms with Gasteiger partial charge in [0.2, 0.25) is 0 Å². The predicted molar refractivity (Wildman–Crippen MR) is 53.9 cm³/mol. The van der Waals surface area contributed by atoms with Crippen LogP contribution in [0.4, 0.5) is 5.82 Å². The molecule has 0 spiro atoms. The van der Waals surface area contributed by atoms with Gasteiger partial charge >= 0.3 is 0 Å². The number of nitrogens with zero attached hydrogens (tertiary/aromatic N) is 3. The van der Waals surface area contributed by atoms with E-state index in [0.29, 0.717) is 5.56 Å². The van der Waals surface area contributed by atoms with Gasteiger partial charge in [-0.25, -0.2) is 4.98 Å². The van der Waals surface area contributed by atoms with Gasteiger partial charge in [-0.1, -0.05) is 0 Å². The number of nitrogens with two attached hydrogens (primary N) is 1. The van der Waals surface area contributed by atoms with Crippen molar-refractivity contribution in [3.63, 3.8) is 0 Å². The van der Waals surface area contributed by atoms with E-state index in [-0.39, 0.29) is 6.04 Å². The molecule has 0 unspecified atom stereocenters. The van der Waals surface area contributed by atoms with Crippen molar-refractivity contribution in [1.29, 1.82) is 5.26 Å². The molecule has 4 nitrogen and oxygen atoms in total. The van der Waals surface area contributed by atoms with E-state index in [1.807, 2.05) is 6.92 Å². The fraction of sp³-hybridized carbons (Fsp3) is 0.400. The maximum atomic E-state index is 8.79. The highest BCUT2D eigenvalue weighted by molar-refractivity contribution is 5.48. The maximum Gasteiger partial charge on any atom is 0.130 e. The summed E-state index contributed by atoms with van der Waals surface area (Å²) in [5.41, 5.74) is 7.22. The Bertz CT molecular complexity index is 388. The second-order valence-electron chi connectivity index (χ2n) is 3.63. The van der Waals surface area contributed by atoms with Crippen molar-refractivity contribution >= 4 is 5.82 Å². The van der Waals surface area contributed by atoms with Crippen molar-refractivity contribution in [2.75, 3.05) is 18.0 Å². The summed E-state index contributed by atoms with van der Waals surface area (Å²) in [5, 5.41) is 8.79. The molecule has 14 heavy (non-hydrogen) atoms. The molecule has 0 aromatic carbocycles. The monoisotopic (exact) mass is 188 g/mol. The predicted octanol–water partition coefficient (Wildman–Crippen LogP) is 0.409. The van der Waals surface area contributed by atoms with Gasteiger partial charge in [0.1, 0.15) is 5.82 Å². The number of aryl methyl sites for hydroxylation is 1. The van der Waals surface area contributed by atoms with Gasteiger partial charge in [-0.15, -0.1) is 0 Å². The number of hydrogen-bond acceptors (Lipinski definition) is 4. The van der Waals surface area contributed by atoms with Crippen LogP contribution in [0.3, 0.4) is 0 Å². The van der Waals surface area contributed by atoms with E-state index >= 15 is 0 Å². The number of hydrogen-bond donors (Lipinski definition) is 1. The molecule has 1 fully saturated rings. The van der Waals surface area contributed by atoms with Crippen molar-refractivity contribution in [2.24, 2.45) is 5.73 Å². The molecule has 0 atom stereocenters. The Morgan fingerprint density at radius 1 is 1.57 bits per heavy atom. The largest absolute Gasteiger partial charge is 0.353 e. The van der Waals surface area contributed by atoms with Gasteiger partial charge in [-0.2, -0.15) is 5.26 Å². The number of pyridine rings is 1. The summed E-state index contributed by atoms with van der Waals surface area (Å²) in [6.45, 7) is 3.56. The van der Waals surface area contributed by atoms with Crippen LogP contribution in [0.5, 0.6) is 0 Å². The van der Waals surface area contributed by atoms with Crippen LogP contribution in [0.2, 0.25) is 0 Å². The molecule has 4 heteroatoms. The van der Waals surface area contributed by atoms with Crippen LogP contribution in [-0.2, 0) is 0 Å². The minimum absolute atomic E-state index is 0.253. The van der Waals surface area contributed by atoms with Gasteiger partial charge in [-0.05, 0) is 19.1 Å². The molecular weight excluding hydrogens is 176 g/mol. The summed E-state index contributed by atoms with van der Waals surface area (Å²) >= 11 is 0. The van der Waals surface area contributed by atoms with Gasteiger partial charge in [0, 0.05) is 24.8 Å². The average molecular weight is 188 g/mol. The molecule has 0 aliphatic carbocycles. The van der Waals surface area contributed by atoms with Gasteiger partial charge < -0.3 is 10.6 Å². The number of aromatic nitrogens is 1. The molecule has 2 rings (SSSR count). The fourth-order valence-electron chi connectivity index (χ4n) is 1.58. The third-order valence-corrected chi connectivity index (χ3v) is 2.30. The summed E-state index contributed by atoms with van der Waals surface area (Å²) in [5.74, 6) is 0.864. The zero-order valence-electron chi connectivity index (χ0n) is 8.07. The van der Waals surface area contributed by atoms with E-state index in [0.717, 1.165) is 24.6 Å². The van der Waals surface area contributed by atoms with E-state index in [4.69, 9.17) is 11.0 Å². The zero-order chi connectivity index (χ0) is 10.1. The first-order chi connectivity index (χ1) is 6.69. The Kier molecular flexibility index (Phi) is 2.10. The van der Waals surface area contributed by atoms with E-state index in [9.17, 15) is 0 Å². The second kappa shape index (κ2) is 3.28. The van der Waals surface area contributed by atoms with Crippen molar-refractivity contribution in [1.82, 2.24) is 4.98 Å². The highest BCUT2D eigenvalue weighted by atomic mass is 15.3. The zero-order valence-corrected chi connectivity index (χ0v) is 8.07. The van der Waals surface area contributed by atoms with Gasteiger partial charge in [0.25, 0.3) is 0 Å². The van der Waals surface area contributed by atoms with Gasteiger partial charge in [-0.3, -0.25) is 0 Å². The van der Waals surface area contributed by atoms with Crippen molar-refractivity contribution < 1.29 is 0 Å². The number of anilines is 1. The molecule has 0 saturated carbocycles. The van der Waals surface area contributed by atoms with Crippen molar-refractivity contribution in [3.05, 3.63) is 23.4 Å². The Labute approximate surface area is 83.0 Å². The van der Waals surface area contributed by atoms with Crippen LogP contribution in [0, 0.1) is 18.3 Å². The van der Waals surface area contributed by atoms with Crippen LogP contribution in [-0.4, -0.2) is 24.1 Å². The van der Waals surface area contributed by atoms with Crippen LogP contribution in [0.15, 0.2) is 12.1 Å². The lowest BCUT2D eigenvalue weighted by atomic mass is 10.1. The molecule has 1 aromatic rings. The first-order valence-electron chi connectivity index (χ1n) is 4.58. The van der Waals surface area contributed by atoms with Gasteiger partial charge in [0.15, 0.2) is 0 Å². The molecule has 2 heterocycles. The summed E-state index contributed by atoms with van der Waals surface area (Å²) in [6, 6.07) is 5.96. The summed E-state index contributed by atoms with van der Waals surface area (Å²) in [6.07, 6.45) is 0. The van der Waals surface area contributed by atoms with Crippen LogP contribution >= 0.6 is 0 Å². The van der Waals surface area contributed by atoms with E-state index in [1.54, 1.807) is 12.1 Å². The Hall–Kier alpha value is -1.60. The van der Waals surface area contributed by atoms with Crippen molar-refractivity contribution in [2.45, 2.75) is 13.0 Å². The molecule has 1 saturated heterocycles. The first-order valence-corrected chi connectivity index (χ1v) is 4.58. The lowest BCUT2D eigenvalue weighted by molar-refractivity contribution is 0.514. The molecule has 1 aliphatic heterocycles. The van der Waals surface area contributed by atoms with E-state index < -0.39 is 0 Å². The molecule has 0 radical (unpaired) electrons. The smallest absolute Gasteiger partial charge is 0.130 e. The summed E-state index contributed by atoms with van der Waals surface area (Å²) < 4.78 is 0. The highest BCUT2D eigenvalue weighted by Gasteiger charge is 2.24. The Morgan fingerprint density at radius 2 is 2.29 bits per heavy atom. The molecule has 72 valence electrons. The third kappa shape index (κ3) is 1.54. The minimum atomic E-state index is 0.253. The lowest BCUT2D eigenvalue weighted by Crippen LogP contribution is -2.56. The topological polar surface area (TPSA) is 65.9 Å². The minimum Gasteiger partial charge on any atom is -0.353 e. The quantitative estimate of drug-likeness (QED) is 0.693. The first kappa shape index (κ1) is 8.97. The lowest BCUT2D eigenvalue weighted by Gasteiger charge is -2.37. The standard InChI is InChI=1S/C10H12N4/c1-7-2-8(4-11)3-10(13-7)14-5-9(12)6-14/h2-3,9H,5-6,12H2,1H3. The molecule has 0 bridgehead atoms. The van der Waals surface area contributed by atoms with Crippen LogP contribution < -0.4 is 10.6 Å². The van der Waals surface area contributed by atoms with Gasteiger partial charge in [0.05, 0.1) is 11.6 Å². The Balaban J connectivity index is 2.26. The second-order valence-corrected chi connectivity index (χ2v) is 3.63. The van der Waals surface area contributed by atoms with E-state index in [2.05, 4.69) is 16.0 Å². The number of rotatable bonds is 1. The SMILES string of the molecule is Cc1cc(C#N)cc(N2CC(N)C2)n1. The molecule has 1 aliphatic rings. The Morgan fingerprint density at radius 3 is 2.86 bits per heavy atom. The third-order valence-electron chi connectivity index (χ3n) is 2.30. The molecule has 0 amide bonds. The van der Waals surface area contributed by atoms with Crippen LogP contribution in [0.25, 0.3) is 0 Å². The van der Waals surface area contributed by atoms with Crippen molar-refractivity contribution in [3.8, 4) is 6.07 Å². The highest BCUT2D eigenvalue weighted by Crippen LogP contribution is 2.19. The molecule has 1 aromatic heterocycles. The summed E-state index contributed by atoms with van der Waals surface area (Å²) in [7, 11) is 0. The average Bonchev–Trinajstić information content (AvgIpc) is 2.12. The maximum absolute atomic E-state index is 8.79. The normalized spacial score (nSPS) is 16.2. The fourth-order valence-corrected chi connectivity index (χ4v) is 1.58. The molecular formula is C10H12N4. The van der Waals surface area contributed by atoms with Crippen LogP contribution in [0.1, 0.15) is 11.3 Å². The molecule has 2 N–H and O–H groups in total.